The maximum Gasteiger partial charge on any atom is 0.251 e. The van der Waals surface area contributed by atoms with Crippen molar-refractivity contribution in [2.45, 2.75) is 56.9 Å². The van der Waals surface area contributed by atoms with E-state index in [1.165, 1.54) is 15.5 Å². The predicted molar refractivity (Wildman–Crippen MR) is 128 cm³/mol. The zero-order valence-electron chi connectivity index (χ0n) is 18.9. The molecule has 5 heteroatoms. The van der Waals surface area contributed by atoms with E-state index in [9.17, 15) is 4.79 Å². The highest BCUT2D eigenvalue weighted by atomic mass is 32.2. The van der Waals surface area contributed by atoms with Crippen LogP contribution in [0.5, 0.6) is 0 Å². The number of amides is 1. The third-order valence-electron chi connectivity index (χ3n) is 5.99. The lowest BCUT2D eigenvalue weighted by atomic mass is 10.1. The first-order chi connectivity index (χ1) is 14.5. The minimum Gasteiger partial charge on any atom is -0.352 e. The van der Waals surface area contributed by atoms with Crippen molar-refractivity contribution in [1.29, 1.82) is 0 Å². The number of anilines is 2. The molecule has 2 unspecified atom stereocenters. The van der Waals surface area contributed by atoms with E-state index in [0.717, 1.165) is 37.3 Å². The smallest absolute Gasteiger partial charge is 0.251 e. The topological polar surface area (TPSA) is 35.6 Å². The van der Waals surface area contributed by atoms with Gasteiger partial charge in [-0.2, -0.15) is 0 Å². The zero-order chi connectivity index (χ0) is 21.7. The van der Waals surface area contributed by atoms with E-state index in [2.05, 4.69) is 86.1 Å². The average Bonchev–Trinajstić information content (AvgIpc) is 2.78. The number of rotatable bonds is 9. The minimum atomic E-state index is 0.0123. The van der Waals surface area contributed by atoms with E-state index in [4.69, 9.17) is 0 Å². The maximum absolute atomic E-state index is 12.8. The summed E-state index contributed by atoms with van der Waals surface area (Å²) in [7, 11) is 0. The second kappa shape index (κ2) is 10.4. The Bertz CT molecular complexity index is 865. The second-order valence-electron chi connectivity index (χ2n) is 8.18. The van der Waals surface area contributed by atoms with Crippen molar-refractivity contribution in [3.63, 3.8) is 0 Å². The molecule has 0 spiro atoms. The summed E-state index contributed by atoms with van der Waals surface area (Å²) in [5.41, 5.74) is 3.10. The van der Waals surface area contributed by atoms with E-state index >= 15 is 0 Å². The van der Waals surface area contributed by atoms with Gasteiger partial charge in [0.25, 0.3) is 5.91 Å². The molecule has 2 aromatic rings. The molecular weight excluding hydrogens is 390 g/mol. The van der Waals surface area contributed by atoms with Crippen molar-refractivity contribution in [2.24, 2.45) is 5.92 Å². The second-order valence-corrected chi connectivity index (χ2v) is 9.26. The number of hydrogen-bond donors (Lipinski definition) is 1. The third-order valence-corrected chi connectivity index (χ3v) is 7.12. The molecule has 0 radical (unpaired) electrons. The summed E-state index contributed by atoms with van der Waals surface area (Å²) in [6, 6.07) is 15.0. The molecule has 162 valence electrons. The quantitative estimate of drug-likeness (QED) is 0.551. The van der Waals surface area contributed by atoms with Crippen molar-refractivity contribution in [3.05, 3.63) is 48.0 Å². The third kappa shape index (κ3) is 5.01. The SMILES string of the molecule is CCC(C)CNC(=O)c1ccc2c(c1)N(C(C)CN(CC)CC)c1ccccc1S2. The highest BCUT2D eigenvalue weighted by Crippen LogP contribution is 2.49. The van der Waals surface area contributed by atoms with Crippen molar-refractivity contribution in [3.8, 4) is 0 Å². The standard InChI is InChI=1S/C25H35N3OS/c1-6-18(4)16-26-25(29)20-13-14-24-22(15-20)28(19(5)17-27(7-2)8-3)21-11-9-10-12-23(21)30-24/h9-15,18-19H,6-8,16-17H2,1-5H3,(H,26,29). The maximum atomic E-state index is 12.8. The number of carbonyl (C=O) groups is 1. The van der Waals surface area contributed by atoms with Gasteiger partial charge >= 0.3 is 0 Å². The molecule has 0 bridgehead atoms. The van der Waals surface area contributed by atoms with Crippen LogP contribution >= 0.6 is 11.8 Å². The lowest BCUT2D eigenvalue weighted by molar-refractivity contribution is 0.0948. The van der Waals surface area contributed by atoms with Crippen LogP contribution in [0.25, 0.3) is 0 Å². The normalized spacial score (nSPS) is 14.8. The molecule has 0 saturated heterocycles. The van der Waals surface area contributed by atoms with Crippen molar-refractivity contribution >= 4 is 29.0 Å². The Hall–Kier alpha value is -1.98. The molecule has 30 heavy (non-hydrogen) atoms. The van der Waals surface area contributed by atoms with Crippen LogP contribution in [0, 0.1) is 5.92 Å². The van der Waals surface area contributed by atoms with Crippen LogP contribution in [0.15, 0.2) is 52.3 Å². The van der Waals surface area contributed by atoms with Crippen LogP contribution in [0.4, 0.5) is 11.4 Å². The Balaban J connectivity index is 1.94. The van der Waals surface area contributed by atoms with Gasteiger partial charge in [0.1, 0.15) is 0 Å². The summed E-state index contributed by atoms with van der Waals surface area (Å²) in [6.45, 7) is 14.8. The number of para-hydroxylation sites is 1. The largest absolute Gasteiger partial charge is 0.352 e. The number of nitrogens with one attached hydrogen (secondary N) is 1. The predicted octanol–water partition coefficient (Wildman–Crippen LogP) is 5.80. The molecule has 1 amide bonds. The van der Waals surface area contributed by atoms with Gasteiger partial charge < -0.3 is 15.1 Å². The fraction of sp³-hybridized carbons (Fsp3) is 0.480. The average molecular weight is 426 g/mol. The summed E-state index contributed by atoms with van der Waals surface area (Å²) in [5, 5.41) is 3.10. The van der Waals surface area contributed by atoms with Gasteiger partial charge in [0.2, 0.25) is 0 Å². The molecule has 0 aliphatic carbocycles. The van der Waals surface area contributed by atoms with Gasteiger partial charge in [-0.25, -0.2) is 0 Å². The number of nitrogens with zero attached hydrogens (tertiary/aromatic N) is 2. The van der Waals surface area contributed by atoms with Crippen LogP contribution in [0.1, 0.15) is 51.4 Å². The van der Waals surface area contributed by atoms with Crippen molar-refractivity contribution in [2.75, 3.05) is 31.1 Å². The van der Waals surface area contributed by atoms with E-state index < -0.39 is 0 Å². The number of fused-ring (bicyclic) bond motifs is 2. The lowest BCUT2D eigenvalue weighted by Crippen LogP contribution is -2.41. The highest BCUT2D eigenvalue weighted by molar-refractivity contribution is 7.99. The van der Waals surface area contributed by atoms with E-state index in [0.29, 0.717) is 18.5 Å². The number of carbonyl (C=O) groups excluding carboxylic acids is 1. The molecule has 1 aliphatic heterocycles. The summed E-state index contributed by atoms with van der Waals surface area (Å²) < 4.78 is 0. The Morgan fingerprint density at radius 3 is 2.43 bits per heavy atom. The molecule has 4 nitrogen and oxygen atoms in total. The molecule has 2 atom stereocenters. The van der Waals surface area contributed by atoms with Crippen molar-refractivity contribution in [1.82, 2.24) is 10.2 Å². The van der Waals surface area contributed by atoms with Crippen LogP contribution in [0.3, 0.4) is 0 Å². The van der Waals surface area contributed by atoms with Gasteiger partial charge in [-0.15, -0.1) is 0 Å². The fourth-order valence-corrected chi connectivity index (χ4v) is 4.90. The van der Waals surface area contributed by atoms with Gasteiger partial charge in [0.15, 0.2) is 0 Å². The van der Waals surface area contributed by atoms with Gasteiger partial charge in [-0.05, 0) is 56.3 Å². The van der Waals surface area contributed by atoms with Gasteiger partial charge in [-0.3, -0.25) is 4.79 Å². The monoisotopic (exact) mass is 425 g/mol. The minimum absolute atomic E-state index is 0.0123. The first kappa shape index (κ1) is 22.7. The van der Waals surface area contributed by atoms with Gasteiger partial charge in [0.05, 0.1) is 11.4 Å². The van der Waals surface area contributed by atoms with E-state index in [1.54, 1.807) is 11.8 Å². The first-order valence-corrected chi connectivity index (χ1v) is 12.0. The molecular formula is C25H35N3OS. The molecule has 0 fully saturated rings. The molecule has 2 aromatic carbocycles. The Morgan fingerprint density at radius 2 is 1.73 bits per heavy atom. The number of hydrogen-bond acceptors (Lipinski definition) is 4. The molecule has 0 saturated carbocycles. The highest BCUT2D eigenvalue weighted by Gasteiger charge is 2.28. The molecule has 1 heterocycles. The summed E-state index contributed by atoms with van der Waals surface area (Å²) >= 11 is 1.79. The van der Waals surface area contributed by atoms with E-state index in [1.807, 2.05) is 6.07 Å². The van der Waals surface area contributed by atoms with Crippen LogP contribution in [0.2, 0.25) is 0 Å². The van der Waals surface area contributed by atoms with Crippen molar-refractivity contribution < 1.29 is 4.79 Å². The summed E-state index contributed by atoms with van der Waals surface area (Å²) in [6.07, 6.45) is 1.06. The molecule has 0 aromatic heterocycles. The Kier molecular flexibility index (Phi) is 7.84. The molecule has 1 aliphatic rings. The zero-order valence-corrected chi connectivity index (χ0v) is 19.8. The Labute approximate surface area is 186 Å². The van der Waals surface area contributed by atoms with E-state index in [-0.39, 0.29) is 5.91 Å². The summed E-state index contributed by atoms with van der Waals surface area (Å²) in [5.74, 6) is 0.498. The lowest BCUT2D eigenvalue weighted by Gasteiger charge is -2.39. The van der Waals surface area contributed by atoms with Gasteiger partial charge in [0, 0.05) is 34.5 Å². The van der Waals surface area contributed by atoms with Crippen LogP contribution in [-0.4, -0.2) is 43.0 Å². The molecule has 3 rings (SSSR count). The number of benzene rings is 2. The Morgan fingerprint density at radius 1 is 1.03 bits per heavy atom. The molecule has 1 N–H and O–H groups in total. The first-order valence-electron chi connectivity index (χ1n) is 11.2. The fourth-order valence-electron chi connectivity index (χ4n) is 3.85. The van der Waals surface area contributed by atoms with Crippen LogP contribution in [-0.2, 0) is 0 Å². The van der Waals surface area contributed by atoms with Gasteiger partial charge in [-0.1, -0.05) is 58.0 Å². The number of likely N-dealkylation sites (N-methyl/N-ethyl adjacent to an activating group) is 1. The van der Waals surface area contributed by atoms with Crippen LogP contribution < -0.4 is 10.2 Å². The summed E-state index contributed by atoms with van der Waals surface area (Å²) in [4.78, 5) is 20.2.